The van der Waals surface area contributed by atoms with Crippen LogP contribution in [0.25, 0.3) is 27.9 Å². The second-order valence-electron chi connectivity index (χ2n) is 8.34. The number of hydrogen-bond donors (Lipinski definition) is 3. The van der Waals surface area contributed by atoms with Crippen LogP contribution in [0, 0.1) is 0 Å². The number of hydrazone groups is 1. The summed E-state index contributed by atoms with van der Waals surface area (Å²) in [6.45, 7) is 4.00. The molecule has 4 rings (SSSR count). The molecule has 11 heteroatoms. The monoisotopic (exact) mass is 507 g/mol. The van der Waals surface area contributed by atoms with Crippen molar-refractivity contribution in [3.05, 3.63) is 78.3 Å². The topological polar surface area (TPSA) is 98.3 Å². The quantitative estimate of drug-likeness (QED) is 0.214. The fourth-order valence-corrected chi connectivity index (χ4v) is 3.69. The number of allylic oxidation sites excluding steroid dienone is 1. The average Bonchev–Trinajstić information content (AvgIpc) is 3.30. The fourth-order valence-electron chi connectivity index (χ4n) is 3.69. The molecule has 190 valence electrons. The first-order valence-corrected chi connectivity index (χ1v) is 11.2. The van der Waals surface area contributed by atoms with E-state index in [1.165, 1.54) is 6.07 Å². The molecule has 0 aliphatic rings. The first-order chi connectivity index (χ1) is 17.6. The highest BCUT2D eigenvalue weighted by atomic mass is 19.4. The number of alkyl halides is 3. The molecule has 0 saturated carbocycles. The number of amides is 1. The van der Waals surface area contributed by atoms with Crippen molar-refractivity contribution < 1.29 is 18.0 Å². The third-order valence-electron chi connectivity index (χ3n) is 5.51. The molecule has 1 amide bonds. The Balaban J connectivity index is 1.52. The van der Waals surface area contributed by atoms with E-state index >= 15 is 0 Å². The zero-order chi connectivity index (χ0) is 26.6. The minimum atomic E-state index is -4.47. The highest BCUT2D eigenvalue weighted by Gasteiger charge is 2.31. The van der Waals surface area contributed by atoms with E-state index in [0.717, 1.165) is 23.9 Å². The van der Waals surface area contributed by atoms with Crippen molar-refractivity contribution in [3.63, 3.8) is 0 Å². The van der Waals surface area contributed by atoms with E-state index in [2.05, 4.69) is 37.5 Å². The number of carbonyl (C=O) groups is 1. The first kappa shape index (κ1) is 25.4. The molecular weight excluding hydrogens is 483 g/mol. The summed E-state index contributed by atoms with van der Waals surface area (Å²) in [4.78, 5) is 24.9. The van der Waals surface area contributed by atoms with Crippen molar-refractivity contribution in [2.75, 3.05) is 18.9 Å². The van der Waals surface area contributed by atoms with Gasteiger partial charge in [0.25, 0.3) is 5.91 Å². The van der Waals surface area contributed by atoms with Crippen LogP contribution < -0.4 is 10.7 Å². The number of aromatic nitrogens is 3. The number of halogens is 3. The van der Waals surface area contributed by atoms with Crippen LogP contribution in [0.1, 0.15) is 23.0 Å². The van der Waals surface area contributed by atoms with Gasteiger partial charge in [-0.15, -0.1) is 0 Å². The summed E-state index contributed by atoms with van der Waals surface area (Å²) in [7, 11) is 1.11. The lowest BCUT2D eigenvalue weighted by atomic mass is 10.1. The first-order valence-electron chi connectivity index (χ1n) is 11.2. The number of anilines is 2. The van der Waals surface area contributed by atoms with Gasteiger partial charge in [-0.25, -0.2) is 9.97 Å². The molecule has 0 fully saturated rings. The van der Waals surface area contributed by atoms with Crippen LogP contribution in [0.5, 0.6) is 0 Å². The van der Waals surface area contributed by atoms with Crippen molar-refractivity contribution in [3.8, 4) is 11.4 Å². The summed E-state index contributed by atoms with van der Waals surface area (Å²) in [5.74, 6) is 0.281. The average molecular weight is 508 g/mol. The molecule has 2 aromatic heterocycles. The third-order valence-corrected chi connectivity index (χ3v) is 5.51. The predicted octanol–water partition coefficient (Wildman–Crippen LogP) is 5.57. The Bertz CT molecular complexity index is 1460. The molecule has 3 N–H and O–H groups in total. The standard InChI is InChI=1S/C26H24F3N7O/c1-16(14-32-30-2)17-6-8-20(9-7-17)33-23-10-11-31-24(35-23)19-5-4-18-12-22(34-21(18)13-19)25(37)36(3)15-26(27,28)29/h4-14,32,34H,2,15H2,1,3H3,(H,31,33,35)/b16-14+. The maximum Gasteiger partial charge on any atom is 0.406 e. The number of carbonyl (C=O) groups excluding carboxylic acids is 1. The lowest BCUT2D eigenvalue weighted by Gasteiger charge is -2.17. The molecule has 0 bridgehead atoms. The molecule has 0 aliphatic carbocycles. The van der Waals surface area contributed by atoms with Gasteiger partial charge in [0.05, 0.1) is 0 Å². The Morgan fingerprint density at radius 3 is 2.62 bits per heavy atom. The fraction of sp³-hybridized carbons (Fsp3) is 0.154. The van der Waals surface area contributed by atoms with E-state index in [9.17, 15) is 18.0 Å². The molecule has 0 radical (unpaired) electrons. The summed E-state index contributed by atoms with van der Waals surface area (Å²) in [6, 6.07) is 16.3. The second-order valence-corrected chi connectivity index (χ2v) is 8.34. The van der Waals surface area contributed by atoms with Crippen LogP contribution in [0.15, 0.2) is 72.1 Å². The molecule has 37 heavy (non-hydrogen) atoms. The van der Waals surface area contributed by atoms with Crippen molar-refractivity contribution in [1.29, 1.82) is 0 Å². The van der Waals surface area contributed by atoms with E-state index in [1.54, 1.807) is 36.7 Å². The maximum atomic E-state index is 12.7. The van der Waals surface area contributed by atoms with Crippen molar-refractivity contribution >= 4 is 40.6 Å². The third kappa shape index (κ3) is 6.31. The number of hydrogen-bond acceptors (Lipinski definition) is 6. The smallest absolute Gasteiger partial charge is 0.351 e. The van der Waals surface area contributed by atoms with Gasteiger partial charge in [-0.05, 0) is 48.4 Å². The summed E-state index contributed by atoms with van der Waals surface area (Å²) in [5.41, 5.74) is 6.90. The summed E-state index contributed by atoms with van der Waals surface area (Å²) in [5, 5.41) is 7.52. The lowest BCUT2D eigenvalue weighted by Crippen LogP contribution is -2.35. The summed E-state index contributed by atoms with van der Waals surface area (Å²) < 4.78 is 38.0. The van der Waals surface area contributed by atoms with Gasteiger partial charge in [0.15, 0.2) is 5.82 Å². The van der Waals surface area contributed by atoms with Gasteiger partial charge in [0.2, 0.25) is 0 Å². The van der Waals surface area contributed by atoms with Crippen LogP contribution in [-0.4, -0.2) is 52.2 Å². The predicted molar refractivity (Wildman–Crippen MR) is 138 cm³/mol. The van der Waals surface area contributed by atoms with Gasteiger partial charge in [0, 0.05) is 48.3 Å². The van der Waals surface area contributed by atoms with Crippen LogP contribution in [0.4, 0.5) is 24.7 Å². The molecule has 0 aliphatic heterocycles. The van der Waals surface area contributed by atoms with E-state index < -0.39 is 18.6 Å². The SMILES string of the molecule is C=NN/C=C(\C)c1ccc(Nc2ccnc(-c3ccc4cc(C(=O)N(C)CC(F)(F)F)[nH]c4c3)n2)cc1. The van der Waals surface area contributed by atoms with Crippen molar-refractivity contribution in [2.45, 2.75) is 13.1 Å². The number of nitrogens with zero attached hydrogens (tertiary/aromatic N) is 4. The van der Waals surface area contributed by atoms with Gasteiger partial charge in [-0.1, -0.05) is 24.3 Å². The summed E-state index contributed by atoms with van der Waals surface area (Å²) in [6.07, 6.45) is -1.09. The molecule has 4 aromatic rings. The highest BCUT2D eigenvalue weighted by Crippen LogP contribution is 2.25. The Kier molecular flexibility index (Phi) is 7.23. The minimum absolute atomic E-state index is 0.0697. The van der Waals surface area contributed by atoms with E-state index in [4.69, 9.17) is 0 Å². The largest absolute Gasteiger partial charge is 0.406 e. The molecule has 0 spiro atoms. The van der Waals surface area contributed by atoms with Crippen LogP contribution >= 0.6 is 0 Å². The van der Waals surface area contributed by atoms with Gasteiger partial charge in [-0.2, -0.15) is 18.3 Å². The Morgan fingerprint density at radius 2 is 1.92 bits per heavy atom. The molecular formula is C26H24F3N7O. The molecule has 8 nitrogen and oxygen atoms in total. The zero-order valence-corrected chi connectivity index (χ0v) is 20.1. The number of rotatable bonds is 8. The Hall–Kier alpha value is -4.67. The number of nitrogens with one attached hydrogen (secondary N) is 3. The Morgan fingerprint density at radius 1 is 1.16 bits per heavy atom. The summed E-state index contributed by atoms with van der Waals surface area (Å²) >= 11 is 0. The van der Waals surface area contributed by atoms with E-state index in [0.29, 0.717) is 33.0 Å². The van der Waals surface area contributed by atoms with E-state index in [1.807, 2.05) is 31.2 Å². The number of aromatic amines is 1. The molecule has 0 saturated heterocycles. The van der Waals surface area contributed by atoms with Gasteiger partial charge in [-0.3, -0.25) is 10.2 Å². The number of H-pyrrole nitrogens is 1. The number of benzene rings is 2. The Labute approximate surface area is 210 Å². The molecule has 2 heterocycles. The molecule has 2 aromatic carbocycles. The van der Waals surface area contributed by atoms with E-state index in [-0.39, 0.29) is 5.69 Å². The van der Waals surface area contributed by atoms with Crippen LogP contribution in [-0.2, 0) is 0 Å². The van der Waals surface area contributed by atoms with Gasteiger partial charge < -0.3 is 15.2 Å². The lowest BCUT2D eigenvalue weighted by molar-refractivity contribution is -0.138. The molecule has 0 atom stereocenters. The second kappa shape index (κ2) is 10.5. The highest BCUT2D eigenvalue weighted by molar-refractivity contribution is 5.98. The normalized spacial score (nSPS) is 11.9. The van der Waals surface area contributed by atoms with Crippen molar-refractivity contribution in [2.24, 2.45) is 5.10 Å². The molecule has 0 unspecified atom stereocenters. The number of fused-ring (bicyclic) bond motifs is 1. The maximum absolute atomic E-state index is 12.7. The van der Waals surface area contributed by atoms with Crippen molar-refractivity contribution in [1.82, 2.24) is 25.3 Å². The van der Waals surface area contributed by atoms with Crippen LogP contribution in [0.3, 0.4) is 0 Å². The van der Waals surface area contributed by atoms with Gasteiger partial charge in [0.1, 0.15) is 18.1 Å². The zero-order valence-electron chi connectivity index (χ0n) is 20.1. The van der Waals surface area contributed by atoms with Gasteiger partial charge >= 0.3 is 6.18 Å². The van der Waals surface area contributed by atoms with Crippen LogP contribution in [0.2, 0.25) is 0 Å². The minimum Gasteiger partial charge on any atom is -0.351 e.